The van der Waals surface area contributed by atoms with E-state index in [-0.39, 0.29) is 24.3 Å². The van der Waals surface area contributed by atoms with E-state index in [2.05, 4.69) is 22.0 Å². The van der Waals surface area contributed by atoms with Crippen molar-refractivity contribution in [1.29, 1.82) is 0 Å². The van der Waals surface area contributed by atoms with Crippen LogP contribution in [0, 0.1) is 19.7 Å². The number of piperazine rings is 1. The molecule has 1 heterocycles. The molecule has 1 aliphatic heterocycles. The van der Waals surface area contributed by atoms with Gasteiger partial charge in [0.15, 0.2) is 11.6 Å². The zero-order chi connectivity index (χ0) is 22.4. The lowest BCUT2D eigenvalue weighted by molar-refractivity contribution is -0.118. The number of β-amino-alcohol motifs (C(OH)–C–C–N with tert-alkyl or cyclic N) is 1. The van der Waals surface area contributed by atoms with Gasteiger partial charge in [-0.25, -0.2) is 4.39 Å². The maximum absolute atomic E-state index is 13.6. The fourth-order valence-electron chi connectivity index (χ4n) is 3.95. The van der Waals surface area contributed by atoms with Gasteiger partial charge in [0, 0.05) is 37.9 Å². The predicted octanol–water partition coefficient (Wildman–Crippen LogP) is 2.83. The fraction of sp³-hybridized carbons (Fsp3) is 0.458. The van der Waals surface area contributed by atoms with E-state index in [1.54, 1.807) is 18.2 Å². The Morgan fingerprint density at radius 1 is 1.19 bits per heavy atom. The SMILES string of the molecule is Cc1cccc(C)c1NC(=O)CN1CCN(C[C@H](O)COc2ccccc2F)[C@@H](C)C1. The summed E-state index contributed by atoms with van der Waals surface area (Å²) in [5, 5.41) is 13.4. The topological polar surface area (TPSA) is 65.0 Å². The van der Waals surface area contributed by atoms with Crippen molar-refractivity contribution in [2.45, 2.75) is 32.9 Å². The maximum atomic E-state index is 13.6. The van der Waals surface area contributed by atoms with Crippen LogP contribution in [0.25, 0.3) is 0 Å². The van der Waals surface area contributed by atoms with Crippen LogP contribution in [0.3, 0.4) is 0 Å². The second-order valence-electron chi connectivity index (χ2n) is 8.29. The number of hydrogen-bond donors (Lipinski definition) is 2. The monoisotopic (exact) mass is 429 g/mol. The summed E-state index contributed by atoms with van der Waals surface area (Å²) in [5.74, 6) is -0.304. The van der Waals surface area contributed by atoms with E-state index in [0.717, 1.165) is 36.4 Å². The highest BCUT2D eigenvalue weighted by Crippen LogP contribution is 2.20. The lowest BCUT2D eigenvalue weighted by atomic mass is 10.1. The molecule has 0 unspecified atom stereocenters. The molecule has 2 aromatic carbocycles. The number of nitrogens with zero attached hydrogens (tertiary/aromatic N) is 2. The molecular formula is C24H32FN3O3. The van der Waals surface area contributed by atoms with Gasteiger partial charge in [-0.3, -0.25) is 14.6 Å². The van der Waals surface area contributed by atoms with E-state index >= 15 is 0 Å². The van der Waals surface area contributed by atoms with E-state index in [9.17, 15) is 14.3 Å². The summed E-state index contributed by atoms with van der Waals surface area (Å²) >= 11 is 0. The second-order valence-corrected chi connectivity index (χ2v) is 8.29. The minimum absolute atomic E-state index is 0.0172. The van der Waals surface area contributed by atoms with Crippen LogP contribution in [-0.4, -0.2) is 72.3 Å². The highest BCUT2D eigenvalue weighted by Gasteiger charge is 2.26. The molecule has 0 aliphatic carbocycles. The third-order valence-corrected chi connectivity index (χ3v) is 5.68. The Hall–Kier alpha value is -2.48. The molecule has 0 radical (unpaired) electrons. The number of aliphatic hydroxyl groups is 1. The van der Waals surface area contributed by atoms with E-state index in [1.807, 2.05) is 32.0 Å². The Bertz CT molecular complexity index is 872. The molecule has 1 saturated heterocycles. The third-order valence-electron chi connectivity index (χ3n) is 5.68. The number of aryl methyl sites for hydroxylation is 2. The van der Waals surface area contributed by atoms with Gasteiger partial charge in [-0.05, 0) is 44.0 Å². The number of anilines is 1. The van der Waals surface area contributed by atoms with Crippen LogP contribution in [0.4, 0.5) is 10.1 Å². The molecule has 1 aliphatic rings. The molecular weight excluding hydrogens is 397 g/mol. The van der Waals surface area contributed by atoms with Crippen molar-refractivity contribution in [2.24, 2.45) is 0 Å². The van der Waals surface area contributed by atoms with Crippen LogP contribution in [0.1, 0.15) is 18.1 Å². The first-order chi connectivity index (χ1) is 14.8. The normalized spacial score (nSPS) is 18.5. The van der Waals surface area contributed by atoms with Gasteiger partial charge in [0.2, 0.25) is 5.91 Å². The fourth-order valence-corrected chi connectivity index (χ4v) is 3.95. The number of carbonyl (C=O) groups excluding carboxylic acids is 1. The number of hydrogen-bond acceptors (Lipinski definition) is 5. The summed E-state index contributed by atoms with van der Waals surface area (Å²) in [6.45, 7) is 9.10. The van der Waals surface area contributed by atoms with Crippen molar-refractivity contribution < 1.29 is 19.0 Å². The van der Waals surface area contributed by atoms with E-state index in [4.69, 9.17) is 4.74 Å². The lowest BCUT2D eigenvalue weighted by Gasteiger charge is -2.40. The van der Waals surface area contributed by atoms with Gasteiger partial charge in [0.1, 0.15) is 12.7 Å². The molecule has 2 aromatic rings. The second kappa shape index (κ2) is 10.7. The number of nitrogens with one attached hydrogen (secondary N) is 1. The standard InChI is InChI=1S/C24H32FN3O3/c1-17-7-6-8-18(2)24(17)26-23(30)15-27-11-12-28(19(3)13-27)14-20(29)16-31-22-10-5-4-9-21(22)25/h4-10,19-20,29H,11-16H2,1-3H3,(H,26,30)/t19-,20-/m0/s1. The zero-order valence-electron chi connectivity index (χ0n) is 18.5. The number of amides is 1. The van der Waals surface area contributed by atoms with Crippen molar-refractivity contribution in [3.8, 4) is 5.75 Å². The lowest BCUT2D eigenvalue weighted by Crippen LogP contribution is -2.55. The summed E-state index contributed by atoms with van der Waals surface area (Å²) in [4.78, 5) is 16.9. The Morgan fingerprint density at radius 2 is 1.90 bits per heavy atom. The van der Waals surface area contributed by atoms with Crippen LogP contribution >= 0.6 is 0 Å². The van der Waals surface area contributed by atoms with Crippen LogP contribution in [0.15, 0.2) is 42.5 Å². The molecule has 0 aromatic heterocycles. The molecule has 0 spiro atoms. The molecule has 0 bridgehead atoms. The minimum Gasteiger partial charge on any atom is -0.488 e. The molecule has 7 heteroatoms. The van der Waals surface area contributed by atoms with Crippen LogP contribution in [-0.2, 0) is 4.79 Å². The highest BCUT2D eigenvalue weighted by atomic mass is 19.1. The van der Waals surface area contributed by atoms with Gasteiger partial charge in [0.05, 0.1) is 6.54 Å². The van der Waals surface area contributed by atoms with Crippen molar-refractivity contribution in [3.63, 3.8) is 0 Å². The molecule has 3 rings (SSSR count). The number of halogens is 1. The van der Waals surface area contributed by atoms with Crippen molar-refractivity contribution in [1.82, 2.24) is 9.80 Å². The Balaban J connectivity index is 1.43. The summed E-state index contributed by atoms with van der Waals surface area (Å²) in [7, 11) is 0. The average molecular weight is 430 g/mol. The molecule has 31 heavy (non-hydrogen) atoms. The van der Waals surface area contributed by atoms with Gasteiger partial charge in [-0.1, -0.05) is 30.3 Å². The van der Waals surface area contributed by atoms with E-state index < -0.39 is 11.9 Å². The van der Waals surface area contributed by atoms with Gasteiger partial charge in [-0.2, -0.15) is 0 Å². The van der Waals surface area contributed by atoms with Gasteiger partial charge >= 0.3 is 0 Å². The first kappa shape index (κ1) is 23.2. The summed E-state index contributed by atoms with van der Waals surface area (Å²) in [6, 6.07) is 12.3. The molecule has 1 amide bonds. The Kier molecular flexibility index (Phi) is 8.01. The van der Waals surface area contributed by atoms with Gasteiger partial charge in [0.25, 0.3) is 0 Å². The van der Waals surface area contributed by atoms with Gasteiger partial charge < -0.3 is 15.2 Å². The first-order valence-electron chi connectivity index (χ1n) is 10.7. The molecule has 168 valence electrons. The highest BCUT2D eigenvalue weighted by molar-refractivity contribution is 5.93. The smallest absolute Gasteiger partial charge is 0.238 e. The number of aliphatic hydroxyl groups excluding tert-OH is 1. The Labute approximate surface area is 183 Å². The molecule has 0 saturated carbocycles. The van der Waals surface area contributed by atoms with E-state index in [0.29, 0.717) is 13.1 Å². The van der Waals surface area contributed by atoms with Crippen LogP contribution in [0.2, 0.25) is 0 Å². The van der Waals surface area contributed by atoms with Crippen molar-refractivity contribution in [2.75, 3.05) is 44.6 Å². The average Bonchev–Trinajstić information content (AvgIpc) is 2.72. The van der Waals surface area contributed by atoms with Crippen molar-refractivity contribution in [3.05, 3.63) is 59.4 Å². The first-order valence-corrected chi connectivity index (χ1v) is 10.7. The largest absolute Gasteiger partial charge is 0.488 e. The number of para-hydroxylation sites is 2. The number of rotatable bonds is 8. The number of benzene rings is 2. The molecule has 6 nitrogen and oxygen atoms in total. The minimum atomic E-state index is -0.721. The third kappa shape index (κ3) is 6.50. The quantitative estimate of drug-likeness (QED) is 0.676. The summed E-state index contributed by atoms with van der Waals surface area (Å²) < 4.78 is 19.0. The van der Waals surface area contributed by atoms with Crippen LogP contribution in [0.5, 0.6) is 5.75 Å². The maximum Gasteiger partial charge on any atom is 0.238 e. The zero-order valence-corrected chi connectivity index (χ0v) is 18.5. The predicted molar refractivity (Wildman–Crippen MR) is 120 cm³/mol. The van der Waals surface area contributed by atoms with E-state index in [1.165, 1.54) is 6.07 Å². The number of carbonyl (C=O) groups is 1. The van der Waals surface area contributed by atoms with Gasteiger partial charge in [-0.15, -0.1) is 0 Å². The molecule has 1 fully saturated rings. The number of ether oxygens (including phenoxy) is 1. The summed E-state index contributed by atoms with van der Waals surface area (Å²) in [5.41, 5.74) is 2.99. The van der Waals surface area contributed by atoms with Crippen LogP contribution < -0.4 is 10.1 Å². The van der Waals surface area contributed by atoms with Crippen molar-refractivity contribution >= 4 is 11.6 Å². The summed E-state index contributed by atoms with van der Waals surface area (Å²) in [6.07, 6.45) is -0.721. The molecule has 2 N–H and O–H groups in total. The molecule has 2 atom stereocenters. The Morgan fingerprint density at radius 3 is 2.58 bits per heavy atom.